The Bertz CT molecular complexity index is 1050. The van der Waals surface area contributed by atoms with Crippen LogP contribution in [0.25, 0.3) is 5.57 Å². The zero-order valence-corrected chi connectivity index (χ0v) is 18.1. The van der Waals surface area contributed by atoms with Gasteiger partial charge in [-0.05, 0) is 19.1 Å². The number of carbonyl (C=O) groups excluding carboxylic acids is 2. The van der Waals surface area contributed by atoms with Crippen molar-refractivity contribution >= 4 is 28.8 Å². The standard InChI is InChI=1S/C22H26N6O4/c1-22(21(30)24-2)12-14-10-16(17(11-18(14)32-22)28-6-8-31-9-7-28)27-20(29)15(13-23)19-25-4-3-5-26-19/h3-5,10-11,13H,6-9,12,23H2,1-2H3,(H,24,30)(H,27,29)/t22-/m1/s1. The van der Waals surface area contributed by atoms with Crippen molar-refractivity contribution in [2.24, 2.45) is 5.73 Å². The third kappa shape index (κ3) is 4.09. The first kappa shape index (κ1) is 21.6. The van der Waals surface area contributed by atoms with E-state index in [1.54, 1.807) is 32.4 Å². The number of hydrogen-bond acceptors (Lipinski definition) is 8. The average molecular weight is 438 g/mol. The zero-order valence-electron chi connectivity index (χ0n) is 18.1. The van der Waals surface area contributed by atoms with Crippen molar-refractivity contribution in [1.29, 1.82) is 0 Å². The first-order chi connectivity index (χ1) is 15.4. The largest absolute Gasteiger partial charge is 0.477 e. The molecule has 0 unspecified atom stereocenters. The predicted octanol–water partition coefficient (Wildman–Crippen LogP) is 0.691. The van der Waals surface area contributed by atoms with Gasteiger partial charge in [-0.15, -0.1) is 0 Å². The van der Waals surface area contributed by atoms with E-state index in [2.05, 4.69) is 25.5 Å². The van der Waals surface area contributed by atoms with E-state index in [4.69, 9.17) is 15.2 Å². The van der Waals surface area contributed by atoms with Crippen LogP contribution in [0.2, 0.25) is 0 Å². The minimum Gasteiger partial charge on any atom is -0.477 e. The molecule has 4 rings (SSSR count). The lowest BCUT2D eigenvalue weighted by atomic mass is 9.97. The first-order valence-corrected chi connectivity index (χ1v) is 10.4. The van der Waals surface area contributed by atoms with E-state index in [-0.39, 0.29) is 17.3 Å². The van der Waals surface area contributed by atoms with Gasteiger partial charge in [0.2, 0.25) is 0 Å². The lowest BCUT2D eigenvalue weighted by Crippen LogP contribution is -2.46. The fraction of sp³-hybridized carbons (Fsp3) is 0.364. The van der Waals surface area contributed by atoms with E-state index in [9.17, 15) is 9.59 Å². The number of nitrogens with one attached hydrogen (secondary N) is 2. The average Bonchev–Trinajstić information content (AvgIpc) is 3.16. The minimum atomic E-state index is -1.01. The van der Waals surface area contributed by atoms with Crippen LogP contribution in [0.4, 0.5) is 11.4 Å². The molecule has 32 heavy (non-hydrogen) atoms. The first-order valence-electron chi connectivity index (χ1n) is 10.4. The van der Waals surface area contributed by atoms with E-state index < -0.39 is 11.5 Å². The molecule has 10 nitrogen and oxygen atoms in total. The fourth-order valence-electron chi connectivity index (χ4n) is 3.93. The van der Waals surface area contributed by atoms with Gasteiger partial charge >= 0.3 is 0 Å². The second-order valence-electron chi connectivity index (χ2n) is 7.77. The lowest BCUT2D eigenvalue weighted by molar-refractivity contribution is -0.133. The molecule has 10 heteroatoms. The maximum atomic E-state index is 13.1. The molecule has 2 aliphatic rings. The number of hydrogen-bond donors (Lipinski definition) is 3. The Kier molecular flexibility index (Phi) is 5.95. The molecule has 0 spiro atoms. The second kappa shape index (κ2) is 8.83. The Morgan fingerprint density at radius 2 is 1.94 bits per heavy atom. The number of fused-ring (bicyclic) bond motifs is 1. The van der Waals surface area contributed by atoms with Crippen molar-refractivity contribution in [3.05, 3.63) is 48.2 Å². The fourth-order valence-corrected chi connectivity index (χ4v) is 3.93. The molecule has 1 fully saturated rings. The van der Waals surface area contributed by atoms with Gasteiger partial charge in [0.15, 0.2) is 11.4 Å². The van der Waals surface area contributed by atoms with E-state index in [0.717, 1.165) is 11.3 Å². The van der Waals surface area contributed by atoms with Crippen molar-refractivity contribution < 1.29 is 19.1 Å². The summed E-state index contributed by atoms with van der Waals surface area (Å²) in [7, 11) is 1.58. The predicted molar refractivity (Wildman–Crippen MR) is 119 cm³/mol. The van der Waals surface area contributed by atoms with E-state index >= 15 is 0 Å². The second-order valence-corrected chi connectivity index (χ2v) is 7.77. The summed E-state index contributed by atoms with van der Waals surface area (Å²) in [4.78, 5) is 35.8. The molecule has 1 aromatic carbocycles. The van der Waals surface area contributed by atoms with Crippen molar-refractivity contribution in [3.8, 4) is 5.75 Å². The van der Waals surface area contributed by atoms with Crippen LogP contribution in [-0.4, -0.2) is 60.7 Å². The van der Waals surface area contributed by atoms with Crippen LogP contribution in [0.1, 0.15) is 18.3 Å². The summed E-state index contributed by atoms with van der Waals surface area (Å²) < 4.78 is 11.5. The smallest absolute Gasteiger partial charge is 0.264 e. The van der Waals surface area contributed by atoms with Crippen molar-refractivity contribution in [2.75, 3.05) is 43.6 Å². The van der Waals surface area contributed by atoms with E-state index in [0.29, 0.717) is 44.2 Å². The number of aromatic nitrogens is 2. The summed E-state index contributed by atoms with van der Waals surface area (Å²) in [5.74, 6) is 0.219. The highest BCUT2D eigenvalue weighted by Gasteiger charge is 2.42. The number of morpholine rings is 1. The number of nitrogens with zero attached hydrogens (tertiary/aromatic N) is 3. The third-order valence-electron chi connectivity index (χ3n) is 5.57. The number of anilines is 2. The highest BCUT2D eigenvalue weighted by atomic mass is 16.5. The molecule has 2 aliphatic heterocycles. The van der Waals surface area contributed by atoms with Gasteiger partial charge in [0.25, 0.3) is 11.8 Å². The van der Waals surface area contributed by atoms with Gasteiger partial charge in [-0.1, -0.05) is 0 Å². The third-order valence-corrected chi connectivity index (χ3v) is 5.57. The molecule has 168 valence electrons. The Morgan fingerprint density at radius 3 is 2.59 bits per heavy atom. The number of nitrogens with two attached hydrogens (primary N) is 1. The molecule has 1 saturated heterocycles. The molecule has 4 N–H and O–H groups in total. The quantitative estimate of drug-likeness (QED) is 0.581. The molecule has 1 atom stereocenters. The normalized spacial score (nSPS) is 20.3. The maximum Gasteiger partial charge on any atom is 0.264 e. The highest BCUT2D eigenvalue weighted by molar-refractivity contribution is 6.24. The summed E-state index contributed by atoms with van der Waals surface area (Å²) in [6.07, 6.45) is 4.67. The van der Waals surface area contributed by atoms with Gasteiger partial charge in [0, 0.05) is 56.8 Å². The Hall–Kier alpha value is -3.66. The SMILES string of the molecule is CNC(=O)[C@@]1(C)Cc2cc(NC(=O)C(=CN)c3ncccn3)c(N3CCOCC3)cc2O1. The van der Waals surface area contributed by atoms with Gasteiger partial charge in [0.05, 0.1) is 30.2 Å². The molecule has 2 aromatic rings. The number of ether oxygens (including phenoxy) is 2. The summed E-state index contributed by atoms with van der Waals surface area (Å²) in [6.45, 7) is 4.23. The molecular weight excluding hydrogens is 412 g/mol. The Labute approximate surface area is 185 Å². The van der Waals surface area contributed by atoms with Gasteiger partial charge in [-0.3, -0.25) is 9.59 Å². The van der Waals surface area contributed by atoms with E-state index in [1.807, 2.05) is 12.1 Å². The number of amides is 2. The van der Waals surface area contributed by atoms with Gasteiger partial charge in [0.1, 0.15) is 5.75 Å². The van der Waals surface area contributed by atoms with Crippen LogP contribution in [0, 0.1) is 0 Å². The zero-order chi connectivity index (χ0) is 22.7. The monoisotopic (exact) mass is 438 g/mol. The molecule has 1 aromatic heterocycles. The molecule has 0 aliphatic carbocycles. The maximum absolute atomic E-state index is 13.1. The van der Waals surface area contributed by atoms with Crippen molar-refractivity contribution in [2.45, 2.75) is 18.9 Å². The van der Waals surface area contributed by atoms with Crippen molar-refractivity contribution in [3.63, 3.8) is 0 Å². The van der Waals surface area contributed by atoms with Gasteiger partial charge in [-0.2, -0.15) is 0 Å². The molecular formula is C22H26N6O4. The van der Waals surface area contributed by atoms with Gasteiger partial charge < -0.3 is 30.7 Å². The molecule has 0 radical (unpaired) electrons. The van der Waals surface area contributed by atoms with Gasteiger partial charge in [-0.25, -0.2) is 9.97 Å². The molecule has 3 heterocycles. The summed E-state index contributed by atoms with van der Waals surface area (Å²) in [6, 6.07) is 5.39. The van der Waals surface area contributed by atoms with Crippen LogP contribution in [0.5, 0.6) is 5.75 Å². The number of benzene rings is 1. The summed E-state index contributed by atoms with van der Waals surface area (Å²) in [5, 5.41) is 5.60. The minimum absolute atomic E-state index is 0.158. The van der Waals surface area contributed by atoms with Crippen LogP contribution in [-0.2, 0) is 20.7 Å². The Morgan fingerprint density at radius 1 is 1.22 bits per heavy atom. The molecule has 0 bridgehead atoms. The number of rotatable bonds is 5. The Balaban J connectivity index is 1.69. The molecule has 0 saturated carbocycles. The number of likely N-dealkylation sites (N-methyl/N-ethyl adjacent to an activating group) is 1. The topological polar surface area (TPSA) is 132 Å². The number of carbonyl (C=O) groups is 2. The van der Waals surface area contributed by atoms with Crippen molar-refractivity contribution in [1.82, 2.24) is 15.3 Å². The van der Waals surface area contributed by atoms with E-state index in [1.165, 1.54) is 6.20 Å². The van der Waals surface area contributed by atoms with Crippen LogP contribution in [0.15, 0.2) is 36.8 Å². The van der Waals surface area contributed by atoms with Crippen LogP contribution in [0.3, 0.4) is 0 Å². The summed E-state index contributed by atoms with van der Waals surface area (Å²) >= 11 is 0. The van der Waals surface area contributed by atoms with Crippen LogP contribution >= 0.6 is 0 Å². The molecule has 2 amide bonds. The lowest BCUT2D eigenvalue weighted by Gasteiger charge is -2.31. The highest BCUT2D eigenvalue weighted by Crippen LogP contribution is 2.42. The van der Waals surface area contributed by atoms with Crippen LogP contribution < -0.4 is 26.0 Å². The summed E-state index contributed by atoms with van der Waals surface area (Å²) in [5.41, 5.74) is 7.08.